The number of nitrogens with zero attached hydrogens (tertiary/aromatic N) is 1. The Hall–Kier alpha value is -2.31. The highest BCUT2D eigenvalue weighted by Gasteiger charge is 2.22. The molecule has 1 N–H and O–H groups in total. The van der Waals surface area contributed by atoms with Crippen LogP contribution < -0.4 is 5.32 Å². The monoisotopic (exact) mass is 346 g/mol. The summed E-state index contributed by atoms with van der Waals surface area (Å²) in [6.45, 7) is 2.99. The van der Waals surface area contributed by atoms with Gasteiger partial charge in [0, 0.05) is 26.2 Å². The molecular weight excluding hydrogens is 326 g/mol. The number of hydrogen-bond donors (Lipinski definition) is 1. The van der Waals surface area contributed by atoms with E-state index in [1.807, 2.05) is 30.3 Å². The van der Waals surface area contributed by atoms with Crippen LogP contribution in [0.5, 0.6) is 0 Å². The minimum atomic E-state index is -0.854. The molecule has 25 heavy (non-hydrogen) atoms. The van der Waals surface area contributed by atoms with Gasteiger partial charge in [0.1, 0.15) is 17.2 Å². The van der Waals surface area contributed by atoms with Gasteiger partial charge in [0.2, 0.25) is 0 Å². The maximum atomic E-state index is 13.6. The van der Waals surface area contributed by atoms with E-state index < -0.39 is 23.1 Å². The second kappa shape index (κ2) is 8.18. The molecule has 1 fully saturated rings. The molecule has 1 heterocycles. The van der Waals surface area contributed by atoms with Gasteiger partial charge < -0.3 is 10.1 Å². The summed E-state index contributed by atoms with van der Waals surface area (Å²) >= 11 is 0. The van der Waals surface area contributed by atoms with E-state index in [1.165, 1.54) is 6.07 Å². The number of benzene rings is 2. The third-order valence-electron chi connectivity index (χ3n) is 4.23. The van der Waals surface area contributed by atoms with E-state index in [0.717, 1.165) is 24.2 Å². The van der Waals surface area contributed by atoms with Crippen molar-refractivity contribution >= 4 is 5.91 Å². The Morgan fingerprint density at radius 1 is 1.12 bits per heavy atom. The second-order valence-corrected chi connectivity index (χ2v) is 5.92. The number of ether oxygens (including phenoxy) is 1. The van der Waals surface area contributed by atoms with Crippen LogP contribution in [-0.4, -0.2) is 43.6 Å². The molecule has 0 saturated carbocycles. The molecule has 0 aliphatic carbocycles. The molecule has 0 bridgehead atoms. The van der Waals surface area contributed by atoms with Crippen molar-refractivity contribution in [3.63, 3.8) is 0 Å². The maximum absolute atomic E-state index is 13.6. The van der Waals surface area contributed by atoms with Crippen LogP contribution >= 0.6 is 0 Å². The Bertz CT molecular complexity index is 704. The fourth-order valence-electron chi connectivity index (χ4n) is 2.91. The normalized spacial score (nSPS) is 18.1. The standard InChI is InChI=1S/C19H20F2N2O2/c20-15-7-4-8-16(21)18(15)19(24)22-9-10-23-11-12-25-17(13-23)14-5-2-1-3-6-14/h1-8,17H,9-13H2,(H,22,24)/t17-/m1/s1. The van der Waals surface area contributed by atoms with Crippen LogP contribution in [-0.2, 0) is 4.74 Å². The Morgan fingerprint density at radius 2 is 1.84 bits per heavy atom. The van der Waals surface area contributed by atoms with E-state index in [2.05, 4.69) is 10.2 Å². The molecule has 2 aromatic carbocycles. The lowest BCUT2D eigenvalue weighted by Crippen LogP contribution is -2.42. The Morgan fingerprint density at radius 3 is 2.56 bits per heavy atom. The van der Waals surface area contributed by atoms with Gasteiger partial charge in [-0.3, -0.25) is 9.69 Å². The van der Waals surface area contributed by atoms with Crippen LogP contribution in [0.2, 0.25) is 0 Å². The fraction of sp³-hybridized carbons (Fsp3) is 0.316. The van der Waals surface area contributed by atoms with E-state index in [4.69, 9.17) is 4.74 Å². The van der Waals surface area contributed by atoms with Crippen molar-refractivity contribution in [2.75, 3.05) is 32.8 Å². The topological polar surface area (TPSA) is 41.6 Å². The summed E-state index contributed by atoms with van der Waals surface area (Å²) in [6, 6.07) is 13.3. The van der Waals surface area contributed by atoms with E-state index in [0.29, 0.717) is 26.2 Å². The number of amides is 1. The van der Waals surface area contributed by atoms with E-state index in [1.54, 1.807) is 0 Å². The van der Waals surface area contributed by atoms with Crippen molar-refractivity contribution in [1.29, 1.82) is 0 Å². The van der Waals surface area contributed by atoms with Crippen LogP contribution in [0.3, 0.4) is 0 Å². The molecule has 4 nitrogen and oxygen atoms in total. The summed E-state index contributed by atoms with van der Waals surface area (Å²) < 4.78 is 33.0. The SMILES string of the molecule is O=C(NCCN1CCO[C@@H](c2ccccc2)C1)c1c(F)cccc1F. The number of carbonyl (C=O) groups is 1. The minimum Gasteiger partial charge on any atom is -0.371 e. The molecule has 0 unspecified atom stereocenters. The molecule has 1 amide bonds. The summed E-state index contributed by atoms with van der Waals surface area (Å²) in [5.74, 6) is -2.44. The summed E-state index contributed by atoms with van der Waals surface area (Å²) in [4.78, 5) is 14.1. The summed E-state index contributed by atoms with van der Waals surface area (Å²) in [5, 5.41) is 2.58. The predicted octanol–water partition coefficient (Wildman–Crippen LogP) is 2.77. The molecule has 2 aromatic rings. The first-order valence-electron chi connectivity index (χ1n) is 8.26. The molecule has 1 aliphatic rings. The molecule has 1 saturated heterocycles. The van der Waals surface area contributed by atoms with Crippen molar-refractivity contribution in [2.45, 2.75) is 6.10 Å². The van der Waals surface area contributed by atoms with Gasteiger partial charge in [-0.25, -0.2) is 8.78 Å². The molecule has 0 aromatic heterocycles. The van der Waals surface area contributed by atoms with Gasteiger partial charge in [0.05, 0.1) is 12.7 Å². The smallest absolute Gasteiger partial charge is 0.257 e. The van der Waals surface area contributed by atoms with Gasteiger partial charge in [-0.05, 0) is 17.7 Å². The first-order valence-corrected chi connectivity index (χ1v) is 8.26. The minimum absolute atomic E-state index is 0.00494. The lowest BCUT2D eigenvalue weighted by atomic mass is 10.1. The zero-order valence-corrected chi connectivity index (χ0v) is 13.8. The van der Waals surface area contributed by atoms with Crippen molar-refractivity contribution in [3.05, 3.63) is 71.3 Å². The van der Waals surface area contributed by atoms with Crippen LogP contribution in [0, 0.1) is 11.6 Å². The summed E-state index contributed by atoms with van der Waals surface area (Å²) in [6.07, 6.45) is -0.00494. The molecule has 1 aliphatic heterocycles. The molecular formula is C19H20F2N2O2. The Labute approximate surface area is 145 Å². The highest BCUT2D eigenvalue weighted by Crippen LogP contribution is 2.21. The molecule has 1 atom stereocenters. The lowest BCUT2D eigenvalue weighted by molar-refractivity contribution is -0.0293. The van der Waals surface area contributed by atoms with E-state index >= 15 is 0 Å². The van der Waals surface area contributed by atoms with Gasteiger partial charge in [-0.1, -0.05) is 36.4 Å². The van der Waals surface area contributed by atoms with Gasteiger partial charge in [-0.2, -0.15) is 0 Å². The first kappa shape index (κ1) is 17.5. The van der Waals surface area contributed by atoms with Gasteiger partial charge in [0.25, 0.3) is 5.91 Å². The molecule has 0 radical (unpaired) electrons. The molecule has 3 rings (SSSR count). The van der Waals surface area contributed by atoms with Crippen LogP contribution in [0.1, 0.15) is 22.0 Å². The van der Waals surface area contributed by atoms with Crippen LogP contribution in [0.25, 0.3) is 0 Å². The highest BCUT2D eigenvalue weighted by molar-refractivity contribution is 5.94. The lowest BCUT2D eigenvalue weighted by Gasteiger charge is -2.33. The third-order valence-corrected chi connectivity index (χ3v) is 4.23. The number of halogens is 2. The van der Waals surface area contributed by atoms with Gasteiger partial charge >= 0.3 is 0 Å². The average molecular weight is 346 g/mol. The van der Waals surface area contributed by atoms with Gasteiger partial charge in [0.15, 0.2) is 0 Å². The predicted molar refractivity (Wildman–Crippen MR) is 90.3 cm³/mol. The Kier molecular flexibility index (Phi) is 5.73. The van der Waals surface area contributed by atoms with Crippen LogP contribution in [0.15, 0.2) is 48.5 Å². The van der Waals surface area contributed by atoms with Crippen molar-refractivity contribution in [1.82, 2.24) is 10.2 Å². The summed E-state index contributed by atoms with van der Waals surface area (Å²) in [7, 11) is 0. The molecule has 0 spiro atoms. The maximum Gasteiger partial charge on any atom is 0.257 e. The number of hydrogen-bond acceptors (Lipinski definition) is 3. The summed E-state index contributed by atoms with van der Waals surface area (Å²) in [5.41, 5.74) is 0.580. The third kappa shape index (κ3) is 4.41. The molecule has 6 heteroatoms. The van der Waals surface area contributed by atoms with Crippen LogP contribution in [0.4, 0.5) is 8.78 Å². The highest BCUT2D eigenvalue weighted by atomic mass is 19.1. The quantitative estimate of drug-likeness (QED) is 0.905. The Balaban J connectivity index is 1.51. The number of rotatable bonds is 5. The zero-order valence-electron chi connectivity index (χ0n) is 13.8. The zero-order chi connectivity index (χ0) is 17.6. The number of nitrogens with one attached hydrogen (secondary N) is 1. The first-order chi connectivity index (χ1) is 12.1. The van der Waals surface area contributed by atoms with E-state index in [9.17, 15) is 13.6 Å². The molecule has 132 valence electrons. The van der Waals surface area contributed by atoms with Crippen molar-refractivity contribution < 1.29 is 18.3 Å². The van der Waals surface area contributed by atoms with E-state index in [-0.39, 0.29) is 6.10 Å². The fourth-order valence-corrected chi connectivity index (χ4v) is 2.91. The van der Waals surface area contributed by atoms with Crippen molar-refractivity contribution in [2.24, 2.45) is 0 Å². The second-order valence-electron chi connectivity index (χ2n) is 5.92. The largest absolute Gasteiger partial charge is 0.371 e. The van der Waals surface area contributed by atoms with Crippen molar-refractivity contribution in [3.8, 4) is 0 Å². The van der Waals surface area contributed by atoms with Gasteiger partial charge in [-0.15, -0.1) is 0 Å². The number of morpholine rings is 1. The number of carbonyl (C=O) groups excluding carboxylic acids is 1. The average Bonchev–Trinajstić information content (AvgIpc) is 2.63.